The second-order valence-electron chi connectivity index (χ2n) is 11.2. The Kier molecular flexibility index (Phi) is 5.93. The van der Waals surface area contributed by atoms with Crippen LogP contribution in [0.1, 0.15) is 52.7 Å². The van der Waals surface area contributed by atoms with Gasteiger partial charge in [0.2, 0.25) is 0 Å². The fourth-order valence-corrected chi connectivity index (χ4v) is 4.48. The molecule has 0 unspecified atom stereocenters. The first-order chi connectivity index (χ1) is 15.8. The topological polar surface area (TPSA) is 41.3 Å². The summed E-state index contributed by atoms with van der Waals surface area (Å²) >= 11 is 6.33. The van der Waals surface area contributed by atoms with Gasteiger partial charge >= 0.3 is 0 Å². The third-order valence-electron chi connectivity index (χ3n) is 6.23. The van der Waals surface area contributed by atoms with E-state index in [0.29, 0.717) is 10.8 Å². The number of hydrogen-bond acceptors (Lipinski definition) is 3. The number of fused-ring (bicyclic) bond motifs is 1. The molecule has 0 amide bonds. The van der Waals surface area contributed by atoms with Crippen molar-refractivity contribution < 1.29 is 5.11 Å². The molecular formula is C29H34ClN3O. The Hall–Kier alpha value is -2.98. The lowest BCUT2D eigenvalue weighted by atomic mass is 9.79. The highest BCUT2D eigenvalue weighted by atomic mass is 35.5. The van der Waals surface area contributed by atoms with Gasteiger partial charge in [0.1, 0.15) is 11.6 Å². The molecule has 34 heavy (non-hydrogen) atoms. The smallest absolute Gasteiger partial charge is 0.145 e. The van der Waals surface area contributed by atoms with Gasteiger partial charge in [-0.15, -0.1) is 0 Å². The van der Waals surface area contributed by atoms with Crippen LogP contribution in [0, 0.1) is 0 Å². The Balaban J connectivity index is 2.07. The van der Waals surface area contributed by atoms with Gasteiger partial charge in [0, 0.05) is 47.2 Å². The first-order valence-corrected chi connectivity index (χ1v) is 12.0. The number of benzene rings is 3. The minimum absolute atomic E-state index is 0.229. The maximum atomic E-state index is 11.3. The van der Waals surface area contributed by atoms with E-state index in [0.717, 1.165) is 44.9 Å². The maximum absolute atomic E-state index is 11.3. The van der Waals surface area contributed by atoms with E-state index in [1.807, 2.05) is 32.3 Å². The molecule has 5 heteroatoms. The summed E-state index contributed by atoms with van der Waals surface area (Å²) in [6, 6.07) is 18.4. The molecule has 0 spiro atoms. The molecule has 0 atom stereocenters. The zero-order valence-corrected chi connectivity index (χ0v) is 22.1. The summed E-state index contributed by atoms with van der Waals surface area (Å²) in [4.78, 5) is 7.08. The van der Waals surface area contributed by atoms with Crippen molar-refractivity contribution in [3.8, 4) is 22.8 Å². The molecule has 4 aromatic rings. The number of halogens is 1. The van der Waals surface area contributed by atoms with Gasteiger partial charge in [-0.2, -0.15) is 0 Å². The van der Waals surface area contributed by atoms with E-state index in [1.165, 1.54) is 0 Å². The highest BCUT2D eigenvalue weighted by Crippen LogP contribution is 2.42. The second-order valence-corrected chi connectivity index (χ2v) is 11.7. The number of imidazole rings is 1. The predicted molar refractivity (Wildman–Crippen MR) is 145 cm³/mol. The van der Waals surface area contributed by atoms with Crippen molar-refractivity contribution in [2.45, 2.75) is 52.4 Å². The largest absolute Gasteiger partial charge is 0.507 e. The summed E-state index contributed by atoms with van der Waals surface area (Å²) in [5.41, 5.74) is 6.30. The molecule has 0 fully saturated rings. The number of hydrogen-bond donors (Lipinski definition) is 1. The molecule has 0 aliphatic heterocycles. The first-order valence-electron chi connectivity index (χ1n) is 11.6. The van der Waals surface area contributed by atoms with E-state index in [-0.39, 0.29) is 10.8 Å². The molecule has 0 aliphatic carbocycles. The van der Waals surface area contributed by atoms with Gasteiger partial charge in [-0.05, 0) is 65.4 Å². The number of phenols is 1. The average molecular weight is 476 g/mol. The van der Waals surface area contributed by atoms with E-state index in [9.17, 15) is 5.11 Å². The monoisotopic (exact) mass is 475 g/mol. The molecule has 3 aromatic carbocycles. The fourth-order valence-electron chi connectivity index (χ4n) is 4.31. The lowest BCUT2D eigenvalue weighted by Crippen LogP contribution is -2.18. The number of anilines is 1. The Labute approximate surface area is 207 Å². The zero-order chi connectivity index (χ0) is 25.0. The summed E-state index contributed by atoms with van der Waals surface area (Å²) in [7, 11) is 4.06. The van der Waals surface area contributed by atoms with Crippen LogP contribution in [0.15, 0.2) is 54.6 Å². The number of nitrogens with zero attached hydrogens (tertiary/aromatic N) is 3. The summed E-state index contributed by atoms with van der Waals surface area (Å²) in [5.74, 6) is 1.21. The van der Waals surface area contributed by atoms with Crippen LogP contribution >= 0.6 is 11.6 Å². The summed E-state index contributed by atoms with van der Waals surface area (Å²) in [5, 5.41) is 11.9. The van der Waals surface area contributed by atoms with E-state index < -0.39 is 0 Å². The summed E-state index contributed by atoms with van der Waals surface area (Å²) in [6.45, 7) is 12.8. The molecule has 0 radical (unpaired) electrons. The lowest BCUT2D eigenvalue weighted by Gasteiger charge is -2.28. The second kappa shape index (κ2) is 8.35. The SMILES string of the molecule is CN(C)c1ccc(-c2nc3cc(Cl)ccc3n2-c2cc(C(C)(C)C)c(O)c(C(C)(C)C)c2)cc1. The zero-order valence-electron chi connectivity index (χ0n) is 21.4. The van der Waals surface area contributed by atoms with E-state index in [2.05, 4.69) is 87.4 Å². The number of aromatic nitrogens is 2. The molecule has 0 aliphatic rings. The van der Waals surface area contributed by atoms with Gasteiger partial charge < -0.3 is 10.0 Å². The standard InChI is InChI=1S/C29H34ClN3O/c1-28(2,3)22-16-21(17-23(26(22)34)29(4,5)6)33-25-14-11-19(30)15-24(25)31-27(33)18-9-12-20(13-10-18)32(7)8/h9-17,34H,1-8H3. The first kappa shape index (κ1) is 24.2. The summed E-state index contributed by atoms with van der Waals surface area (Å²) < 4.78 is 2.18. The third kappa shape index (κ3) is 4.39. The number of rotatable bonds is 3. The molecule has 0 saturated heterocycles. The normalized spacial score (nSPS) is 12.4. The molecule has 1 aromatic heterocycles. The van der Waals surface area contributed by atoms with Crippen molar-refractivity contribution in [3.63, 3.8) is 0 Å². The quantitative estimate of drug-likeness (QED) is 0.330. The lowest BCUT2D eigenvalue weighted by molar-refractivity contribution is 0.423. The Morgan fingerprint density at radius 3 is 1.88 bits per heavy atom. The number of phenolic OH excluding ortho intramolecular Hbond substituents is 1. The highest BCUT2D eigenvalue weighted by molar-refractivity contribution is 6.31. The average Bonchev–Trinajstić information content (AvgIpc) is 3.10. The van der Waals surface area contributed by atoms with Crippen LogP contribution in [0.3, 0.4) is 0 Å². The van der Waals surface area contributed by atoms with Crippen LogP contribution in [0.2, 0.25) is 5.02 Å². The minimum Gasteiger partial charge on any atom is -0.507 e. The Bertz CT molecular complexity index is 1320. The van der Waals surface area contributed by atoms with E-state index >= 15 is 0 Å². The van der Waals surface area contributed by atoms with Crippen LogP contribution in [-0.2, 0) is 10.8 Å². The van der Waals surface area contributed by atoms with Crippen LogP contribution in [0.25, 0.3) is 28.1 Å². The highest BCUT2D eigenvalue weighted by Gasteiger charge is 2.28. The molecular weight excluding hydrogens is 442 g/mol. The van der Waals surface area contributed by atoms with E-state index in [1.54, 1.807) is 0 Å². The van der Waals surface area contributed by atoms with Gasteiger partial charge in [-0.3, -0.25) is 4.57 Å². The van der Waals surface area contributed by atoms with Crippen LogP contribution in [0.4, 0.5) is 5.69 Å². The van der Waals surface area contributed by atoms with Crippen molar-refractivity contribution in [2.75, 3.05) is 19.0 Å². The van der Waals surface area contributed by atoms with Gasteiger partial charge in [0.05, 0.1) is 11.0 Å². The van der Waals surface area contributed by atoms with Crippen molar-refractivity contribution in [3.05, 3.63) is 70.7 Å². The number of aromatic hydroxyl groups is 1. The molecule has 4 nitrogen and oxygen atoms in total. The van der Waals surface area contributed by atoms with Gasteiger partial charge in [0.15, 0.2) is 0 Å². The molecule has 1 N–H and O–H groups in total. The van der Waals surface area contributed by atoms with Crippen molar-refractivity contribution >= 4 is 28.3 Å². The third-order valence-corrected chi connectivity index (χ3v) is 6.46. The maximum Gasteiger partial charge on any atom is 0.145 e. The molecule has 178 valence electrons. The van der Waals surface area contributed by atoms with Gasteiger partial charge in [-0.1, -0.05) is 53.1 Å². The van der Waals surface area contributed by atoms with Crippen molar-refractivity contribution in [1.82, 2.24) is 9.55 Å². The van der Waals surface area contributed by atoms with Gasteiger partial charge in [0.25, 0.3) is 0 Å². The molecule has 4 rings (SSSR count). The van der Waals surface area contributed by atoms with Crippen LogP contribution < -0.4 is 4.90 Å². The minimum atomic E-state index is -0.229. The fraction of sp³-hybridized carbons (Fsp3) is 0.345. The van der Waals surface area contributed by atoms with E-state index in [4.69, 9.17) is 16.6 Å². The van der Waals surface area contributed by atoms with Crippen molar-refractivity contribution in [2.24, 2.45) is 0 Å². The Morgan fingerprint density at radius 2 is 1.38 bits per heavy atom. The predicted octanol–water partition coefficient (Wildman–Crippen LogP) is 7.71. The Morgan fingerprint density at radius 1 is 0.824 bits per heavy atom. The molecule has 1 heterocycles. The van der Waals surface area contributed by atoms with Gasteiger partial charge in [-0.25, -0.2) is 4.98 Å². The van der Waals surface area contributed by atoms with Crippen LogP contribution in [-0.4, -0.2) is 28.8 Å². The van der Waals surface area contributed by atoms with Crippen molar-refractivity contribution in [1.29, 1.82) is 0 Å². The molecule has 0 bridgehead atoms. The van der Waals surface area contributed by atoms with Crippen LogP contribution in [0.5, 0.6) is 5.75 Å². The molecule has 0 saturated carbocycles. The summed E-state index contributed by atoms with van der Waals surface area (Å²) in [6.07, 6.45) is 0.